The molecule has 2 aromatic rings. The molecule has 0 bridgehead atoms. The van der Waals surface area contributed by atoms with E-state index in [-0.39, 0.29) is 0 Å². The number of methoxy groups -OCH3 is 1. The van der Waals surface area contributed by atoms with Gasteiger partial charge >= 0.3 is 0 Å². The lowest BCUT2D eigenvalue weighted by Gasteiger charge is -2.17. The first-order valence-corrected chi connectivity index (χ1v) is 7.51. The molecule has 6 heteroatoms. The molecule has 0 aliphatic heterocycles. The average molecular weight is 282 g/mol. The van der Waals surface area contributed by atoms with Gasteiger partial charge in [-0.05, 0) is 6.42 Å². The first-order valence-electron chi connectivity index (χ1n) is 6.63. The molecular weight excluding hydrogens is 260 g/mol. The second kappa shape index (κ2) is 6.88. The van der Waals surface area contributed by atoms with Crippen molar-refractivity contribution in [1.29, 1.82) is 0 Å². The quantitative estimate of drug-likeness (QED) is 0.752. The number of imidazole rings is 1. The first kappa shape index (κ1) is 14.3. The van der Waals surface area contributed by atoms with Gasteiger partial charge in [0.15, 0.2) is 10.8 Å². The molecule has 0 amide bonds. The highest BCUT2D eigenvalue weighted by Gasteiger charge is 2.15. The third-order valence-corrected chi connectivity index (χ3v) is 3.79. The molecule has 2 heterocycles. The summed E-state index contributed by atoms with van der Waals surface area (Å²) in [7, 11) is 3.83. The van der Waals surface area contributed by atoms with Gasteiger partial charge < -0.3 is 15.0 Å². The molecule has 0 aliphatic rings. The van der Waals surface area contributed by atoms with Crippen molar-refractivity contribution in [3.63, 3.8) is 0 Å². The normalized spacial score (nSPS) is 11.3. The summed E-state index contributed by atoms with van der Waals surface area (Å²) in [6.45, 7) is 5.60. The summed E-state index contributed by atoms with van der Waals surface area (Å²) in [6.07, 6.45) is 3.21. The smallest absolute Gasteiger partial charge is 0.195 e. The summed E-state index contributed by atoms with van der Waals surface area (Å²) in [5, 5.41) is 5.47. The summed E-state index contributed by atoms with van der Waals surface area (Å²) in [6, 6.07) is 0. The Morgan fingerprint density at radius 3 is 3.11 bits per heavy atom. The van der Waals surface area contributed by atoms with Gasteiger partial charge in [0.1, 0.15) is 0 Å². The second-order valence-corrected chi connectivity index (χ2v) is 5.40. The zero-order valence-electron chi connectivity index (χ0n) is 11.8. The van der Waals surface area contributed by atoms with Crippen LogP contribution in [0.4, 0.5) is 5.82 Å². The van der Waals surface area contributed by atoms with Crippen molar-refractivity contribution < 1.29 is 4.74 Å². The second-order valence-electron chi connectivity index (χ2n) is 4.53. The zero-order valence-corrected chi connectivity index (χ0v) is 12.7. The number of anilines is 1. The highest BCUT2D eigenvalue weighted by atomic mass is 32.1. The van der Waals surface area contributed by atoms with Crippen LogP contribution in [-0.4, -0.2) is 43.2 Å². The molecule has 0 aromatic carbocycles. The lowest BCUT2D eigenvalue weighted by molar-refractivity contribution is 0.199. The molecule has 0 spiro atoms. The summed E-state index contributed by atoms with van der Waals surface area (Å²) >= 11 is 1.67. The third kappa shape index (κ3) is 3.26. The van der Waals surface area contributed by atoms with Gasteiger partial charge in [0, 0.05) is 45.4 Å². The Bertz CT molecular complexity index is 508. The molecule has 2 aromatic heterocycles. The van der Waals surface area contributed by atoms with Crippen LogP contribution in [0.25, 0.3) is 4.96 Å². The summed E-state index contributed by atoms with van der Waals surface area (Å²) in [5.74, 6) is 1.08. The first-order chi connectivity index (χ1) is 9.27. The molecule has 106 valence electrons. The molecule has 0 atom stereocenters. The molecule has 0 aliphatic carbocycles. The van der Waals surface area contributed by atoms with Crippen molar-refractivity contribution in [3.05, 3.63) is 17.3 Å². The van der Waals surface area contributed by atoms with E-state index < -0.39 is 0 Å². The number of hydrogen-bond donors (Lipinski definition) is 1. The third-order valence-electron chi connectivity index (χ3n) is 3.04. The predicted molar refractivity (Wildman–Crippen MR) is 80.2 cm³/mol. The predicted octanol–water partition coefficient (Wildman–Crippen LogP) is 1.98. The molecule has 19 heavy (non-hydrogen) atoms. The molecule has 0 saturated carbocycles. The van der Waals surface area contributed by atoms with E-state index in [0.717, 1.165) is 43.4 Å². The number of rotatable bonds is 8. The van der Waals surface area contributed by atoms with Crippen LogP contribution in [0.2, 0.25) is 0 Å². The van der Waals surface area contributed by atoms with Crippen LogP contribution in [0.1, 0.15) is 19.0 Å². The van der Waals surface area contributed by atoms with Crippen molar-refractivity contribution in [2.75, 3.05) is 38.8 Å². The average Bonchev–Trinajstić information content (AvgIpc) is 2.96. The molecule has 5 nitrogen and oxygen atoms in total. The fourth-order valence-corrected chi connectivity index (χ4v) is 2.84. The van der Waals surface area contributed by atoms with Gasteiger partial charge in [0.2, 0.25) is 0 Å². The Hall–Kier alpha value is -1.11. The van der Waals surface area contributed by atoms with E-state index in [2.05, 4.69) is 40.2 Å². The van der Waals surface area contributed by atoms with Gasteiger partial charge in [0.25, 0.3) is 0 Å². The molecular formula is C13H22N4OS. The molecule has 1 N–H and O–H groups in total. The number of fused-ring (bicyclic) bond motifs is 1. The monoisotopic (exact) mass is 282 g/mol. The van der Waals surface area contributed by atoms with Crippen LogP contribution in [0.15, 0.2) is 11.6 Å². The molecule has 0 radical (unpaired) electrons. The highest BCUT2D eigenvalue weighted by molar-refractivity contribution is 7.15. The van der Waals surface area contributed by atoms with E-state index in [0.29, 0.717) is 0 Å². The van der Waals surface area contributed by atoms with Crippen molar-refractivity contribution in [1.82, 2.24) is 14.7 Å². The number of hydrogen-bond acceptors (Lipinski definition) is 5. The van der Waals surface area contributed by atoms with E-state index in [1.54, 1.807) is 18.4 Å². The number of ether oxygens (including phenoxy) is 1. The molecule has 0 saturated heterocycles. The van der Waals surface area contributed by atoms with Gasteiger partial charge in [-0.1, -0.05) is 6.92 Å². The maximum atomic E-state index is 5.06. The van der Waals surface area contributed by atoms with Gasteiger partial charge in [-0.15, -0.1) is 11.3 Å². The van der Waals surface area contributed by atoms with Crippen LogP contribution in [0, 0.1) is 0 Å². The summed E-state index contributed by atoms with van der Waals surface area (Å²) in [4.78, 5) is 8.01. The van der Waals surface area contributed by atoms with Crippen LogP contribution in [0.3, 0.4) is 0 Å². The van der Waals surface area contributed by atoms with Gasteiger partial charge in [-0.2, -0.15) is 0 Å². The lowest BCUT2D eigenvalue weighted by Crippen LogP contribution is -2.24. The number of nitrogens with zero attached hydrogens (tertiary/aromatic N) is 3. The van der Waals surface area contributed by atoms with Crippen LogP contribution in [0.5, 0.6) is 0 Å². The maximum absolute atomic E-state index is 5.06. The fraction of sp³-hybridized carbons (Fsp3) is 0.615. The lowest BCUT2D eigenvalue weighted by atomic mass is 10.3. The van der Waals surface area contributed by atoms with Crippen molar-refractivity contribution in [2.24, 2.45) is 0 Å². The summed E-state index contributed by atoms with van der Waals surface area (Å²) in [5.41, 5.74) is 1.23. The molecule has 0 fully saturated rings. The van der Waals surface area contributed by atoms with Crippen molar-refractivity contribution in [2.45, 2.75) is 19.9 Å². The Morgan fingerprint density at radius 1 is 1.53 bits per heavy atom. The molecule has 0 unspecified atom stereocenters. The van der Waals surface area contributed by atoms with Crippen LogP contribution >= 0.6 is 11.3 Å². The van der Waals surface area contributed by atoms with Gasteiger partial charge in [-0.3, -0.25) is 4.40 Å². The van der Waals surface area contributed by atoms with Crippen LogP contribution < -0.4 is 10.2 Å². The van der Waals surface area contributed by atoms with E-state index in [1.165, 1.54) is 5.69 Å². The minimum Gasteiger partial charge on any atom is -0.383 e. The number of nitrogens with one attached hydrogen (secondary N) is 1. The van der Waals surface area contributed by atoms with Gasteiger partial charge in [0.05, 0.1) is 12.3 Å². The topological polar surface area (TPSA) is 41.8 Å². The zero-order chi connectivity index (χ0) is 13.7. The van der Waals surface area contributed by atoms with Crippen molar-refractivity contribution in [3.8, 4) is 0 Å². The fourth-order valence-electron chi connectivity index (χ4n) is 2.11. The van der Waals surface area contributed by atoms with Crippen molar-refractivity contribution >= 4 is 22.1 Å². The SMILES string of the molecule is CCCN(C)c1nc2sccn2c1CNCCOC. The maximum Gasteiger partial charge on any atom is 0.195 e. The summed E-state index contributed by atoms with van der Waals surface area (Å²) < 4.78 is 7.23. The number of thiazole rings is 1. The minimum atomic E-state index is 0.728. The van der Waals surface area contributed by atoms with E-state index >= 15 is 0 Å². The molecule has 2 rings (SSSR count). The van der Waals surface area contributed by atoms with Gasteiger partial charge in [-0.25, -0.2) is 4.98 Å². The van der Waals surface area contributed by atoms with E-state index in [1.807, 2.05) is 0 Å². The van der Waals surface area contributed by atoms with Crippen LogP contribution in [-0.2, 0) is 11.3 Å². The Balaban J connectivity index is 2.16. The van der Waals surface area contributed by atoms with E-state index in [9.17, 15) is 0 Å². The minimum absolute atomic E-state index is 0.728. The Kier molecular flexibility index (Phi) is 5.18. The largest absolute Gasteiger partial charge is 0.383 e. The van der Waals surface area contributed by atoms with E-state index in [4.69, 9.17) is 9.72 Å². The Labute approximate surface area is 118 Å². The Morgan fingerprint density at radius 2 is 2.37 bits per heavy atom. The standard InChI is InChI=1S/C13H22N4OS/c1-4-6-16(2)12-11(10-14-5-8-18-3)17-7-9-19-13(17)15-12/h7,9,14H,4-6,8,10H2,1-3H3. The number of aromatic nitrogens is 2. The highest BCUT2D eigenvalue weighted by Crippen LogP contribution is 2.24.